The molecule has 0 fully saturated rings. The van der Waals surface area contributed by atoms with Gasteiger partial charge < -0.3 is 15.6 Å². The minimum atomic E-state index is -0.884. The number of nitrogens with zero attached hydrogens (tertiary/aromatic N) is 1. The van der Waals surface area contributed by atoms with Crippen LogP contribution in [0.1, 0.15) is 27.0 Å². The molecule has 0 aliphatic rings. The predicted molar refractivity (Wildman–Crippen MR) is 129 cm³/mol. The predicted octanol–water partition coefficient (Wildman–Crippen LogP) is 6.35. The summed E-state index contributed by atoms with van der Waals surface area (Å²) in [6, 6.07) is 34.4. The zero-order chi connectivity index (χ0) is 23.1. The van der Waals surface area contributed by atoms with Crippen molar-refractivity contribution >= 4 is 11.5 Å². The molecule has 166 valence electrons. The first kappa shape index (κ1) is 22.4. The number of carbonyl (C=O) groups excluding carboxylic acids is 1. The zero-order valence-corrected chi connectivity index (χ0v) is 18.2. The number of Topliss-reactive ketones (excluding diaryl/α,β-unsaturated/α-hetero) is 1. The maximum atomic E-state index is 15.0. The van der Waals surface area contributed by atoms with Gasteiger partial charge in [0.2, 0.25) is 0 Å². The summed E-state index contributed by atoms with van der Waals surface area (Å²) in [6.07, 6.45) is 0. The summed E-state index contributed by atoms with van der Waals surface area (Å²) < 4.78 is 15.0. The number of anilines is 1. The molecule has 0 atom stereocenters. The number of benzene rings is 4. The first-order valence-electron chi connectivity index (χ1n) is 10.6. The van der Waals surface area contributed by atoms with Gasteiger partial charge in [-0.25, -0.2) is 4.39 Å². The first-order chi connectivity index (χ1) is 16.2. The Balaban J connectivity index is 1.97. The second kappa shape index (κ2) is 10.2. The molecule has 0 bridgehead atoms. The quantitative estimate of drug-likeness (QED) is 0.188. The molecule has 4 aromatic rings. The van der Waals surface area contributed by atoms with Crippen molar-refractivity contribution in [3.63, 3.8) is 0 Å². The minimum absolute atomic E-state index is 0.0505. The Kier molecular flexibility index (Phi) is 6.93. The van der Waals surface area contributed by atoms with Crippen LogP contribution in [0.4, 0.5) is 10.1 Å². The first-order valence-corrected chi connectivity index (χ1v) is 10.6. The molecule has 0 heterocycles. The van der Waals surface area contributed by atoms with Crippen molar-refractivity contribution in [3.8, 4) is 0 Å². The van der Waals surface area contributed by atoms with Gasteiger partial charge in [-0.15, -0.1) is 0 Å². The molecule has 1 N–H and O–H groups in total. The van der Waals surface area contributed by atoms with E-state index in [0.29, 0.717) is 5.69 Å². The fourth-order valence-corrected chi connectivity index (χ4v) is 4.10. The van der Waals surface area contributed by atoms with E-state index < -0.39 is 17.1 Å². The molecule has 4 nitrogen and oxygen atoms in total. The smallest absolute Gasteiger partial charge is 0.149 e. The molecule has 4 aromatic carbocycles. The molecular weight excluding hydrogens is 415 g/mol. The molecule has 33 heavy (non-hydrogen) atoms. The number of ketones is 1. The van der Waals surface area contributed by atoms with Crippen LogP contribution in [-0.2, 0) is 10.4 Å². The lowest BCUT2D eigenvalue weighted by atomic mass is 9.76. The lowest BCUT2D eigenvalue weighted by molar-refractivity contribution is 0.0989. The van der Waals surface area contributed by atoms with Crippen molar-refractivity contribution in [1.29, 1.82) is 0 Å². The zero-order valence-electron chi connectivity index (χ0n) is 18.2. The summed E-state index contributed by atoms with van der Waals surface area (Å²) in [4.78, 5) is 17.6. The van der Waals surface area contributed by atoms with Crippen LogP contribution in [0.5, 0.6) is 0 Å². The summed E-state index contributed by atoms with van der Waals surface area (Å²) in [7, 11) is 1.36. The molecule has 0 saturated heterocycles. The Hall–Kier alpha value is -3.80. The normalized spacial score (nSPS) is 11.2. The minimum Gasteiger partial charge on any atom is -0.528 e. The van der Waals surface area contributed by atoms with Crippen LogP contribution in [0.2, 0.25) is 0 Å². The van der Waals surface area contributed by atoms with Gasteiger partial charge >= 0.3 is 0 Å². The molecule has 0 aliphatic carbocycles. The van der Waals surface area contributed by atoms with Gasteiger partial charge in [-0.3, -0.25) is 4.79 Å². The van der Waals surface area contributed by atoms with E-state index in [-0.39, 0.29) is 12.1 Å². The topological polar surface area (TPSA) is 52.4 Å². The number of halogens is 1. The highest BCUT2D eigenvalue weighted by Gasteiger charge is 2.37. The number of carbonyl (C=O) groups is 1. The maximum absolute atomic E-state index is 15.0. The fraction of sp³-hybridized carbons (Fsp3) is 0.107. The number of hydrogen-bond donors (Lipinski definition) is 1. The van der Waals surface area contributed by atoms with Gasteiger partial charge in [-0.05, 0) is 28.8 Å². The van der Waals surface area contributed by atoms with Crippen LogP contribution in [0, 0.1) is 5.82 Å². The molecule has 0 aliphatic heterocycles. The van der Waals surface area contributed by atoms with Crippen molar-refractivity contribution in [3.05, 3.63) is 143 Å². The van der Waals surface area contributed by atoms with Crippen LogP contribution >= 0.6 is 0 Å². The van der Waals surface area contributed by atoms with E-state index in [2.05, 4.69) is 15.6 Å². The lowest BCUT2D eigenvalue weighted by Gasteiger charge is -2.38. The number of nitrogens with one attached hydrogen (secondary N) is 1. The molecule has 0 radical (unpaired) electrons. The maximum Gasteiger partial charge on any atom is 0.149 e. The number of hydrogen-bond acceptors (Lipinski definition) is 3. The lowest BCUT2D eigenvalue weighted by Crippen LogP contribution is -2.38. The van der Waals surface area contributed by atoms with Crippen molar-refractivity contribution in [2.75, 3.05) is 19.0 Å². The second-order valence-electron chi connectivity index (χ2n) is 7.53. The van der Waals surface area contributed by atoms with Crippen LogP contribution < -0.4 is 5.32 Å². The summed E-state index contributed by atoms with van der Waals surface area (Å²) in [5, 5.41) is 3.56. The van der Waals surface area contributed by atoms with Crippen molar-refractivity contribution < 1.29 is 14.0 Å². The summed E-state index contributed by atoms with van der Waals surface area (Å²) in [5.74, 6) is -1.08. The summed E-state index contributed by atoms with van der Waals surface area (Å²) >= 11 is 0. The van der Waals surface area contributed by atoms with E-state index in [1.54, 1.807) is 12.1 Å². The van der Waals surface area contributed by atoms with Crippen molar-refractivity contribution in [2.45, 2.75) is 5.54 Å². The van der Waals surface area contributed by atoms with Crippen molar-refractivity contribution in [1.82, 2.24) is 0 Å². The summed E-state index contributed by atoms with van der Waals surface area (Å²) in [5.41, 5.74) is 5.95. The van der Waals surface area contributed by atoms with E-state index in [4.69, 9.17) is 0 Å². The van der Waals surface area contributed by atoms with E-state index in [1.807, 2.05) is 91.0 Å². The molecule has 4 rings (SSSR count). The highest BCUT2D eigenvalue weighted by atomic mass is 19.1. The Morgan fingerprint density at radius 1 is 0.788 bits per heavy atom. The Labute approximate surface area is 193 Å². The fourth-order valence-electron chi connectivity index (χ4n) is 4.10. The molecule has 0 saturated carbocycles. The Bertz CT molecular complexity index is 1100. The average Bonchev–Trinajstić information content (AvgIpc) is 2.87. The van der Waals surface area contributed by atoms with E-state index >= 15 is 0 Å². The van der Waals surface area contributed by atoms with Crippen LogP contribution in [-0.4, -0.2) is 19.4 Å². The third kappa shape index (κ3) is 4.55. The van der Waals surface area contributed by atoms with Crippen LogP contribution in [0.15, 0.2) is 109 Å². The molecule has 0 amide bonds. The van der Waals surface area contributed by atoms with Crippen LogP contribution in [0.25, 0.3) is 5.48 Å². The Morgan fingerprint density at radius 2 is 1.27 bits per heavy atom. The third-order valence-corrected chi connectivity index (χ3v) is 5.57. The SMILES string of the molecule is CO[N-]CC(=O)c1c(F)cccc1NC(c1ccccc1)(c1ccccc1)c1ccccc1. The number of rotatable bonds is 9. The van der Waals surface area contributed by atoms with E-state index in [1.165, 1.54) is 13.2 Å². The van der Waals surface area contributed by atoms with Gasteiger partial charge in [0.1, 0.15) is 17.1 Å². The van der Waals surface area contributed by atoms with Gasteiger partial charge in [-0.2, -0.15) is 0 Å². The van der Waals surface area contributed by atoms with E-state index in [9.17, 15) is 9.18 Å². The second-order valence-corrected chi connectivity index (χ2v) is 7.53. The van der Waals surface area contributed by atoms with Gasteiger partial charge in [0, 0.05) is 12.8 Å². The summed E-state index contributed by atoms with van der Waals surface area (Å²) in [6.45, 7) is -0.277. The van der Waals surface area contributed by atoms with E-state index in [0.717, 1.165) is 16.7 Å². The molecule has 0 spiro atoms. The van der Waals surface area contributed by atoms with Gasteiger partial charge in [0.25, 0.3) is 0 Å². The van der Waals surface area contributed by atoms with Crippen molar-refractivity contribution in [2.24, 2.45) is 0 Å². The third-order valence-electron chi connectivity index (χ3n) is 5.57. The standard InChI is InChI=1S/C28H24FN2O2/c1-33-30-20-26(32)27-24(29)18-11-19-25(27)31-28(21-12-5-2-6-13-21,22-14-7-3-8-15-22)23-16-9-4-10-17-23/h2-19,31H,20H2,1H3/q-1. The molecule has 5 heteroatoms. The molecular formula is C28H24FN2O2-. The van der Waals surface area contributed by atoms with Gasteiger partial charge in [0.05, 0.1) is 5.56 Å². The highest BCUT2D eigenvalue weighted by Crippen LogP contribution is 2.41. The highest BCUT2D eigenvalue weighted by molar-refractivity contribution is 6.03. The number of hydroxylamine groups is 1. The molecule has 0 unspecified atom stereocenters. The monoisotopic (exact) mass is 439 g/mol. The average molecular weight is 440 g/mol. The van der Waals surface area contributed by atoms with Crippen LogP contribution in [0.3, 0.4) is 0 Å². The molecule has 0 aromatic heterocycles. The van der Waals surface area contributed by atoms with Gasteiger partial charge in [0.15, 0.2) is 0 Å². The largest absolute Gasteiger partial charge is 0.528 e. The Morgan fingerprint density at radius 3 is 1.73 bits per heavy atom. The van der Waals surface area contributed by atoms with Gasteiger partial charge in [-0.1, -0.05) is 104 Å².